The van der Waals surface area contributed by atoms with Crippen LogP contribution in [0.25, 0.3) is 0 Å². The summed E-state index contributed by atoms with van der Waals surface area (Å²) in [5.41, 5.74) is 0.217. The summed E-state index contributed by atoms with van der Waals surface area (Å²) in [6.07, 6.45) is 1.70. The molecule has 1 aliphatic heterocycles. The zero-order valence-corrected chi connectivity index (χ0v) is 16.5. The van der Waals surface area contributed by atoms with Gasteiger partial charge in [0.15, 0.2) is 0 Å². The van der Waals surface area contributed by atoms with Gasteiger partial charge in [-0.3, -0.25) is 19.2 Å². The first-order chi connectivity index (χ1) is 14.5. The monoisotopic (exact) mass is 418 g/mol. The van der Waals surface area contributed by atoms with Crippen LogP contribution in [0.15, 0.2) is 24.3 Å². The molecule has 2 atom stereocenters. The van der Waals surface area contributed by atoms with Crippen molar-refractivity contribution < 1.29 is 29.0 Å². The number of hydrogen-bond donors (Lipinski definition) is 5. The first-order valence-electron chi connectivity index (χ1n) is 9.96. The van der Waals surface area contributed by atoms with Gasteiger partial charge in [-0.25, -0.2) is 0 Å². The second kappa shape index (κ2) is 10.1. The molecule has 0 unspecified atom stereocenters. The number of amides is 4. The van der Waals surface area contributed by atoms with Crippen molar-refractivity contribution in [2.45, 2.75) is 31.3 Å². The molecule has 162 valence electrons. The van der Waals surface area contributed by atoms with Crippen molar-refractivity contribution in [3.63, 3.8) is 0 Å². The summed E-state index contributed by atoms with van der Waals surface area (Å²) in [7, 11) is 0. The molecule has 1 aromatic carbocycles. The quantitative estimate of drug-likeness (QED) is 0.410. The molecule has 0 radical (unpaired) electrons. The molecular weight excluding hydrogens is 392 g/mol. The van der Waals surface area contributed by atoms with Crippen LogP contribution in [0, 0.1) is 5.92 Å². The van der Waals surface area contributed by atoms with Crippen LogP contribution in [0.2, 0.25) is 0 Å². The van der Waals surface area contributed by atoms with Gasteiger partial charge in [0.2, 0.25) is 17.7 Å². The van der Waals surface area contributed by atoms with Crippen LogP contribution in [0.3, 0.4) is 0 Å². The summed E-state index contributed by atoms with van der Waals surface area (Å²) in [5, 5.41) is 19.7. The van der Waals surface area contributed by atoms with E-state index in [0.29, 0.717) is 18.2 Å². The van der Waals surface area contributed by atoms with Gasteiger partial charge in [-0.1, -0.05) is 12.1 Å². The van der Waals surface area contributed by atoms with E-state index in [2.05, 4.69) is 21.3 Å². The number of para-hydroxylation sites is 1. The fourth-order valence-electron chi connectivity index (χ4n) is 3.01. The van der Waals surface area contributed by atoms with Crippen molar-refractivity contribution in [3.8, 4) is 5.75 Å². The summed E-state index contributed by atoms with van der Waals surface area (Å²) in [4.78, 5) is 50.0. The lowest BCUT2D eigenvalue weighted by atomic mass is 10.1. The third-order valence-corrected chi connectivity index (χ3v) is 4.90. The molecule has 0 bridgehead atoms. The highest BCUT2D eigenvalue weighted by atomic mass is 16.5. The Morgan fingerprint density at radius 2 is 1.93 bits per heavy atom. The molecule has 0 aromatic heterocycles. The van der Waals surface area contributed by atoms with Crippen LogP contribution in [-0.4, -0.2) is 67.1 Å². The van der Waals surface area contributed by atoms with Crippen molar-refractivity contribution in [1.29, 1.82) is 0 Å². The van der Waals surface area contributed by atoms with E-state index in [1.807, 2.05) is 0 Å². The third kappa shape index (κ3) is 5.93. The molecule has 4 amide bonds. The molecule has 10 nitrogen and oxygen atoms in total. The Morgan fingerprint density at radius 3 is 2.67 bits per heavy atom. The highest BCUT2D eigenvalue weighted by molar-refractivity contribution is 6.01. The molecule has 0 spiro atoms. The van der Waals surface area contributed by atoms with Crippen molar-refractivity contribution in [2.24, 2.45) is 5.92 Å². The topological polar surface area (TPSA) is 146 Å². The van der Waals surface area contributed by atoms with Crippen LogP contribution in [0.5, 0.6) is 5.75 Å². The molecule has 1 fully saturated rings. The third-order valence-electron chi connectivity index (χ3n) is 4.90. The largest absolute Gasteiger partial charge is 0.491 e. The van der Waals surface area contributed by atoms with Crippen LogP contribution in [0.1, 0.15) is 29.6 Å². The second-order valence-corrected chi connectivity index (χ2v) is 7.36. The number of carbonyl (C=O) groups is 4. The van der Waals surface area contributed by atoms with Gasteiger partial charge in [0, 0.05) is 6.54 Å². The van der Waals surface area contributed by atoms with Gasteiger partial charge in [0.05, 0.1) is 25.1 Å². The summed E-state index contributed by atoms with van der Waals surface area (Å²) in [6, 6.07) is 4.20. The molecule has 1 aromatic rings. The molecule has 30 heavy (non-hydrogen) atoms. The molecule has 1 aliphatic carbocycles. The van der Waals surface area contributed by atoms with Crippen molar-refractivity contribution in [1.82, 2.24) is 21.3 Å². The van der Waals surface area contributed by atoms with Gasteiger partial charge in [-0.2, -0.15) is 0 Å². The fraction of sp³-hybridized carbons (Fsp3) is 0.500. The Kier molecular flexibility index (Phi) is 7.23. The Balaban J connectivity index is 1.81. The van der Waals surface area contributed by atoms with Gasteiger partial charge in [0.1, 0.15) is 24.4 Å². The summed E-state index contributed by atoms with van der Waals surface area (Å²) >= 11 is 0. The first-order valence-corrected chi connectivity index (χ1v) is 9.96. The van der Waals surface area contributed by atoms with E-state index in [1.54, 1.807) is 24.3 Å². The maximum atomic E-state index is 12.8. The van der Waals surface area contributed by atoms with Crippen molar-refractivity contribution in [3.05, 3.63) is 29.8 Å². The Morgan fingerprint density at radius 1 is 1.17 bits per heavy atom. The van der Waals surface area contributed by atoms with Crippen LogP contribution in [0.4, 0.5) is 0 Å². The van der Waals surface area contributed by atoms with E-state index in [0.717, 1.165) is 12.8 Å². The molecule has 10 heteroatoms. The Hall–Kier alpha value is -3.14. The normalized spacial score (nSPS) is 23.0. The lowest BCUT2D eigenvalue weighted by Crippen LogP contribution is -2.53. The highest BCUT2D eigenvalue weighted by Crippen LogP contribution is 2.27. The molecule has 2 aliphatic rings. The number of fused-ring (bicyclic) bond motifs is 1. The fourth-order valence-corrected chi connectivity index (χ4v) is 3.01. The number of aliphatic hydroxyl groups is 1. The van der Waals surface area contributed by atoms with E-state index in [4.69, 9.17) is 4.74 Å². The van der Waals surface area contributed by atoms with Crippen molar-refractivity contribution in [2.75, 3.05) is 26.3 Å². The van der Waals surface area contributed by atoms with Crippen LogP contribution < -0.4 is 26.0 Å². The van der Waals surface area contributed by atoms with Gasteiger partial charge in [-0.05, 0) is 30.9 Å². The van der Waals surface area contributed by atoms with E-state index in [-0.39, 0.29) is 25.1 Å². The van der Waals surface area contributed by atoms with Gasteiger partial charge < -0.3 is 31.1 Å². The van der Waals surface area contributed by atoms with Gasteiger partial charge in [-0.15, -0.1) is 0 Å². The molecule has 1 saturated carbocycles. The van der Waals surface area contributed by atoms with E-state index >= 15 is 0 Å². The lowest BCUT2D eigenvalue weighted by Gasteiger charge is -2.22. The van der Waals surface area contributed by atoms with Gasteiger partial charge >= 0.3 is 0 Å². The Labute approximate surface area is 173 Å². The average molecular weight is 418 g/mol. The zero-order chi connectivity index (χ0) is 21.5. The minimum atomic E-state index is -1.17. The average Bonchev–Trinajstić information content (AvgIpc) is 3.56. The van der Waals surface area contributed by atoms with E-state index < -0.39 is 42.3 Å². The predicted molar refractivity (Wildman–Crippen MR) is 106 cm³/mol. The number of carbonyl (C=O) groups excluding carboxylic acids is 4. The molecular formula is C20H26N4O6. The predicted octanol–water partition coefficient (Wildman–Crippen LogP) is -1.31. The molecule has 5 N–H and O–H groups in total. The SMILES string of the molecule is O=C1C[C@@H](C(=O)NCC2CC2)NC(=O)c2ccccc2OCCNC(=O)[C@H](CO)N1. The lowest BCUT2D eigenvalue weighted by molar-refractivity contribution is -0.131. The summed E-state index contributed by atoms with van der Waals surface area (Å²) in [6.45, 7) is 0.0706. The molecule has 3 rings (SSSR count). The summed E-state index contributed by atoms with van der Waals surface area (Å²) < 4.78 is 5.60. The maximum absolute atomic E-state index is 12.8. The zero-order valence-electron chi connectivity index (χ0n) is 16.5. The van der Waals surface area contributed by atoms with E-state index in [1.165, 1.54) is 0 Å². The number of rotatable bonds is 4. The second-order valence-electron chi connectivity index (χ2n) is 7.36. The molecule has 0 saturated heterocycles. The number of hydrogen-bond acceptors (Lipinski definition) is 6. The van der Waals surface area contributed by atoms with Gasteiger partial charge in [0.25, 0.3) is 5.91 Å². The minimum Gasteiger partial charge on any atom is -0.491 e. The standard InChI is InChI=1S/C20H26N4O6/c25-11-15-20(29)21-7-8-30-16-4-2-1-3-13(16)18(27)24-14(9-17(26)23-15)19(28)22-10-12-5-6-12/h1-4,12,14-15,25H,5-11H2,(H,21,29)(H,22,28)(H,23,26)(H,24,27)/t14-,15-/m0/s1. The number of ether oxygens (including phenoxy) is 1. The number of aliphatic hydroxyl groups excluding tert-OH is 1. The summed E-state index contributed by atoms with van der Waals surface area (Å²) in [5.74, 6) is -1.53. The number of benzene rings is 1. The number of nitrogens with one attached hydrogen (secondary N) is 4. The van der Waals surface area contributed by atoms with Crippen LogP contribution in [-0.2, 0) is 14.4 Å². The van der Waals surface area contributed by atoms with Crippen molar-refractivity contribution >= 4 is 23.6 Å². The Bertz CT molecular complexity index is 810. The smallest absolute Gasteiger partial charge is 0.255 e. The maximum Gasteiger partial charge on any atom is 0.255 e. The molecule has 1 heterocycles. The first kappa shape index (κ1) is 21.6. The minimum absolute atomic E-state index is 0.0768. The van der Waals surface area contributed by atoms with E-state index in [9.17, 15) is 24.3 Å². The highest BCUT2D eigenvalue weighted by Gasteiger charge is 2.29. The van der Waals surface area contributed by atoms with Crippen LogP contribution >= 0.6 is 0 Å².